The molecule has 0 bridgehead atoms. The summed E-state index contributed by atoms with van der Waals surface area (Å²) in [5, 5.41) is 18.0. The van der Waals surface area contributed by atoms with Crippen LogP contribution < -0.4 is 0 Å². The summed E-state index contributed by atoms with van der Waals surface area (Å²) in [6.07, 6.45) is -0.364. The number of carboxylic acid groups (broad SMARTS) is 2. The lowest BCUT2D eigenvalue weighted by molar-refractivity contribution is -0.137. The molecule has 2 N–H and O–H groups in total. The Bertz CT molecular complexity index is 632. The van der Waals surface area contributed by atoms with Gasteiger partial charge in [-0.1, -0.05) is 48.5 Å². The minimum atomic E-state index is -0.972. The number of benzene rings is 2. The summed E-state index contributed by atoms with van der Waals surface area (Å²) in [7, 11) is 0. The highest BCUT2D eigenvalue weighted by atomic mass is 16.4. The Kier molecular flexibility index (Phi) is 4.15. The van der Waals surface area contributed by atoms with E-state index >= 15 is 0 Å². The van der Waals surface area contributed by atoms with Gasteiger partial charge in [0.1, 0.15) is 0 Å². The van der Waals surface area contributed by atoms with Crippen molar-refractivity contribution >= 4 is 11.9 Å². The van der Waals surface area contributed by atoms with Crippen LogP contribution in [-0.4, -0.2) is 22.2 Å². The summed E-state index contributed by atoms with van der Waals surface area (Å²) in [6.45, 7) is 0. The molecule has 20 heavy (non-hydrogen) atoms. The third-order valence-corrected chi connectivity index (χ3v) is 3.03. The van der Waals surface area contributed by atoms with Gasteiger partial charge >= 0.3 is 11.9 Å². The molecule has 0 aliphatic rings. The standard InChI is InChI=1S/C16H14O4/c17-15(18)9-12-7-4-8-13(14(12)10-16(19)20)11-5-2-1-3-6-11/h1-8H,9-10H2,(H,17,18)(H,19,20). The van der Waals surface area contributed by atoms with Gasteiger partial charge in [-0.3, -0.25) is 9.59 Å². The number of carboxylic acids is 2. The van der Waals surface area contributed by atoms with Crippen LogP contribution in [0.25, 0.3) is 11.1 Å². The lowest BCUT2D eigenvalue weighted by Crippen LogP contribution is -2.09. The molecule has 4 nitrogen and oxygen atoms in total. The van der Waals surface area contributed by atoms with Crippen LogP contribution in [0.15, 0.2) is 48.5 Å². The molecule has 0 aliphatic carbocycles. The number of carbonyl (C=O) groups is 2. The van der Waals surface area contributed by atoms with E-state index < -0.39 is 11.9 Å². The third kappa shape index (κ3) is 3.23. The van der Waals surface area contributed by atoms with Gasteiger partial charge in [0.05, 0.1) is 12.8 Å². The molecule has 4 heteroatoms. The SMILES string of the molecule is O=C(O)Cc1cccc(-c2ccccc2)c1CC(=O)O. The largest absolute Gasteiger partial charge is 0.481 e. The molecule has 102 valence electrons. The Morgan fingerprint density at radius 2 is 1.45 bits per heavy atom. The first kappa shape index (κ1) is 13.8. The molecule has 0 atom stereocenters. The van der Waals surface area contributed by atoms with Crippen LogP contribution in [0.2, 0.25) is 0 Å². The van der Waals surface area contributed by atoms with Crippen LogP contribution in [-0.2, 0) is 22.4 Å². The molecule has 0 saturated heterocycles. The maximum atomic E-state index is 11.0. The Balaban J connectivity index is 2.55. The van der Waals surface area contributed by atoms with E-state index in [-0.39, 0.29) is 12.8 Å². The van der Waals surface area contributed by atoms with Crippen molar-refractivity contribution in [3.8, 4) is 11.1 Å². The van der Waals surface area contributed by atoms with E-state index in [2.05, 4.69) is 0 Å². The first-order chi connectivity index (χ1) is 9.58. The monoisotopic (exact) mass is 270 g/mol. The Labute approximate surface area is 116 Å². The van der Waals surface area contributed by atoms with Crippen LogP contribution in [0.1, 0.15) is 11.1 Å². The van der Waals surface area contributed by atoms with E-state index in [0.717, 1.165) is 11.1 Å². The molecule has 2 rings (SSSR count). The first-order valence-electron chi connectivity index (χ1n) is 6.17. The molecule has 0 unspecified atom stereocenters. The first-order valence-corrected chi connectivity index (χ1v) is 6.17. The Morgan fingerprint density at radius 1 is 0.800 bits per heavy atom. The van der Waals surface area contributed by atoms with Gasteiger partial charge in [-0.05, 0) is 22.3 Å². The minimum Gasteiger partial charge on any atom is -0.481 e. The minimum absolute atomic E-state index is 0.177. The summed E-state index contributed by atoms with van der Waals surface area (Å²) >= 11 is 0. The van der Waals surface area contributed by atoms with Crippen molar-refractivity contribution in [1.29, 1.82) is 0 Å². The smallest absolute Gasteiger partial charge is 0.307 e. The predicted molar refractivity (Wildman–Crippen MR) is 74.6 cm³/mol. The van der Waals surface area contributed by atoms with E-state index in [1.54, 1.807) is 12.1 Å². The molecule has 0 amide bonds. The topological polar surface area (TPSA) is 74.6 Å². The van der Waals surface area contributed by atoms with E-state index in [1.807, 2.05) is 36.4 Å². The van der Waals surface area contributed by atoms with Crippen molar-refractivity contribution in [3.63, 3.8) is 0 Å². The lowest BCUT2D eigenvalue weighted by Gasteiger charge is -2.12. The van der Waals surface area contributed by atoms with Crippen LogP contribution >= 0.6 is 0 Å². The van der Waals surface area contributed by atoms with Crippen molar-refractivity contribution in [3.05, 3.63) is 59.7 Å². The van der Waals surface area contributed by atoms with Gasteiger partial charge in [0.2, 0.25) is 0 Å². The number of hydrogen-bond donors (Lipinski definition) is 2. The van der Waals surface area contributed by atoms with E-state index in [1.165, 1.54) is 0 Å². The van der Waals surface area contributed by atoms with E-state index in [9.17, 15) is 9.59 Å². The molecule has 2 aromatic rings. The number of rotatable bonds is 5. The number of hydrogen-bond acceptors (Lipinski definition) is 2. The summed E-state index contributed by atoms with van der Waals surface area (Å²) in [5.74, 6) is -1.94. The Hall–Kier alpha value is -2.62. The fourth-order valence-corrected chi connectivity index (χ4v) is 2.21. The normalized spacial score (nSPS) is 10.2. The van der Waals surface area contributed by atoms with Gasteiger partial charge in [0, 0.05) is 0 Å². The summed E-state index contributed by atoms with van der Waals surface area (Å²) in [4.78, 5) is 21.9. The molecule has 0 spiro atoms. The highest BCUT2D eigenvalue weighted by Crippen LogP contribution is 2.27. The van der Waals surface area contributed by atoms with Crippen LogP contribution in [0.5, 0.6) is 0 Å². The fourth-order valence-electron chi connectivity index (χ4n) is 2.21. The van der Waals surface area contributed by atoms with Gasteiger partial charge in [-0.2, -0.15) is 0 Å². The van der Waals surface area contributed by atoms with Gasteiger partial charge in [0.15, 0.2) is 0 Å². The van der Waals surface area contributed by atoms with Crippen LogP contribution in [0, 0.1) is 0 Å². The molecule has 2 aromatic carbocycles. The number of aliphatic carboxylic acids is 2. The zero-order valence-electron chi connectivity index (χ0n) is 10.7. The summed E-state index contributed by atoms with van der Waals surface area (Å²) < 4.78 is 0. The fraction of sp³-hybridized carbons (Fsp3) is 0.125. The highest BCUT2D eigenvalue weighted by Gasteiger charge is 2.15. The van der Waals surface area contributed by atoms with Gasteiger partial charge in [-0.15, -0.1) is 0 Å². The van der Waals surface area contributed by atoms with Crippen molar-refractivity contribution in [2.75, 3.05) is 0 Å². The maximum Gasteiger partial charge on any atom is 0.307 e. The van der Waals surface area contributed by atoms with Gasteiger partial charge in [-0.25, -0.2) is 0 Å². The molecular weight excluding hydrogens is 256 g/mol. The van der Waals surface area contributed by atoms with Gasteiger partial charge < -0.3 is 10.2 Å². The van der Waals surface area contributed by atoms with Crippen molar-refractivity contribution in [1.82, 2.24) is 0 Å². The second-order valence-electron chi connectivity index (χ2n) is 4.45. The molecule has 0 saturated carbocycles. The Morgan fingerprint density at radius 3 is 2.05 bits per heavy atom. The molecule has 0 aliphatic heterocycles. The zero-order chi connectivity index (χ0) is 14.5. The molecule has 0 fully saturated rings. The predicted octanol–water partition coefficient (Wildman–Crippen LogP) is 2.61. The maximum absolute atomic E-state index is 11.0. The van der Waals surface area contributed by atoms with E-state index in [0.29, 0.717) is 11.1 Å². The second-order valence-corrected chi connectivity index (χ2v) is 4.45. The third-order valence-electron chi connectivity index (χ3n) is 3.03. The average Bonchev–Trinajstić information content (AvgIpc) is 2.40. The van der Waals surface area contributed by atoms with E-state index in [4.69, 9.17) is 10.2 Å². The summed E-state index contributed by atoms with van der Waals surface area (Å²) in [5.41, 5.74) is 2.76. The van der Waals surface area contributed by atoms with Crippen molar-refractivity contribution in [2.24, 2.45) is 0 Å². The molecule has 0 heterocycles. The van der Waals surface area contributed by atoms with Gasteiger partial charge in [0.25, 0.3) is 0 Å². The molecule has 0 radical (unpaired) electrons. The molecule has 0 aromatic heterocycles. The second kappa shape index (κ2) is 6.02. The van der Waals surface area contributed by atoms with Crippen molar-refractivity contribution < 1.29 is 19.8 Å². The lowest BCUT2D eigenvalue weighted by atomic mass is 9.92. The van der Waals surface area contributed by atoms with Crippen LogP contribution in [0.4, 0.5) is 0 Å². The zero-order valence-corrected chi connectivity index (χ0v) is 10.7. The quantitative estimate of drug-likeness (QED) is 0.875. The van der Waals surface area contributed by atoms with Crippen molar-refractivity contribution in [2.45, 2.75) is 12.8 Å². The van der Waals surface area contributed by atoms with Crippen LogP contribution in [0.3, 0.4) is 0 Å². The summed E-state index contributed by atoms with van der Waals surface area (Å²) in [6, 6.07) is 14.6. The highest BCUT2D eigenvalue weighted by molar-refractivity contribution is 5.80. The molecular formula is C16H14O4. The average molecular weight is 270 g/mol.